The Labute approximate surface area is 94.5 Å². The molecule has 5 nitrogen and oxygen atoms in total. The third kappa shape index (κ3) is 2.44. The molecule has 17 heavy (non-hydrogen) atoms. The lowest BCUT2D eigenvalue weighted by molar-refractivity contribution is -0.135. The number of carbonyl (C=O) groups excluding carboxylic acids is 2. The van der Waals surface area contributed by atoms with Gasteiger partial charge in [-0.15, -0.1) is 0 Å². The highest BCUT2D eigenvalue weighted by atomic mass is 19.2. The molecule has 0 radical (unpaired) electrons. The van der Waals surface area contributed by atoms with Crippen molar-refractivity contribution in [3.05, 3.63) is 35.4 Å². The van der Waals surface area contributed by atoms with E-state index in [9.17, 15) is 18.4 Å². The largest absolute Gasteiger partial charge is 0.316 e. The predicted molar refractivity (Wildman–Crippen MR) is 53.8 cm³/mol. The smallest absolute Gasteiger partial charge is 0.288 e. The minimum atomic E-state index is -0.970. The van der Waals surface area contributed by atoms with Gasteiger partial charge in [0.05, 0.1) is 6.54 Å². The maximum absolute atomic E-state index is 12.8. The predicted octanol–water partition coefficient (Wildman–Crippen LogP) is 0.0668. The molecule has 7 heteroatoms. The van der Waals surface area contributed by atoms with Gasteiger partial charge in [0.15, 0.2) is 11.6 Å². The number of halogens is 2. The fraction of sp³-hybridized carbons (Fsp3) is 0.100. The van der Waals surface area contributed by atoms with Crippen LogP contribution in [0.4, 0.5) is 8.78 Å². The summed E-state index contributed by atoms with van der Waals surface area (Å²) in [5, 5.41) is 4.36. The molecule has 1 fully saturated rings. The summed E-state index contributed by atoms with van der Waals surface area (Å²) >= 11 is 0. The monoisotopic (exact) mass is 239 g/mol. The van der Waals surface area contributed by atoms with Crippen molar-refractivity contribution in [3.8, 4) is 0 Å². The minimum Gasteiger partial charge on any atom is -0.288 e. The van der Waals surface area contributed by atoms with Crippen LogP contribution in [0.3, 0.4) is 0 Å². The average molecular weight is 239 g/mol. The molecule has 0 aromatic heterocycles. The van der Waals surface area contributed by atoms with E-state index in [1.165, 1.54) is 6.07 Å². The number of nitrogens with one attached hydrogen (secondary N) is 2. The molecule has 1 aliphatic rings. The average Bonchev–Trinajstić information content (AvgIpc) is 2.60. The van der Waals surface area contributed by atoms with Crippen molar-refractivity contribution in [2.75, 3.05) is 0 Å². The zero-order valence-electron chi connectivity index (χ0n) is 8.46. The first-order valence-corrected chi connectivity index (χ1v) is 4.67. The fourth-order valence-corrected chi connectivity index (χ4v) is 1.25. The number of amides is 2. The van der Waals surface area contributed by atoms with E-state index in [0.29, 0.717) is 5.56 Å². The van der Waals surface area contributed by atoms with Crippen molar-refractivity contribution in [1.82, 2.24) is 10.6 Å². The van der Waals surface area contributed by atoms with Crippen LogP contribution in [0.1, 0.15) is 5.56 Å². The van der Waals surface area contributed by atoms with E-state index in [0.717, 1.165) is 12.1 Å². The minimum absolute atomic E-state index is 0.00438. The Morgan fingerprint density at radius 1 is 1.06 bits per heavy atom. The van der Waals surface area contributed by atoms with Crippen LogP contribution in [-0.2, 0) is 16.1 Å². The summed E-state index contributed by atoms with van der Waals surface area (Å²) in [6.07, 6.45) is 0. The van der Waals surface area contributed by atoms with Crippen LogP contribution in [0.15, 0.2) is 23.2 Å². The third-order valence-corrected chi connectivity index (χ3v) is 2.07. The Balaban J connectivity index is 2.07. The molecule has 0 bridgehead atoms. The second kappa shape index (κ2) is 4.28. The van der Waals surface area contributed by atoms with E-state index in [-0.39, 0.29) is 12.5 Å². The molecule has 0 spiro atoms. The highest BCUT2D eigenvalue weighted by molar-refractivity contribution is 6.45. The molecule has 0 saturated carbocycles. The third-order valence-electron chi connectivity index (χ3n) is 2.07. The van der Waals surface area contributed by atoms with Crippen LogP contribution < -0.4 is 10.6 Å². The van der Waals surface area contributed by atoms with Crippen LogP contribution >= 0.6 is 0 Å². The van der Waals surface area contributed by atoms with Crippen LogP contribution in [0.2, 0.25) is 0 Å². The molecule has 2 amide bonds. The molecule has 1 aromatic carbocycles. The van der Waals surface area contributed by atoms with Gasteiger partial charge < -0.3 is 0 Å². The van der Waals surface area contributed by atoms with Crippen molar-refractivity contribution in [2.24, 2.45) is 4.99 Å². The number of rotatable bonds is 2. The van der Waals surface area contributed by atoms with Crippen molar-refractivity contribution in [2.45, 2.75) is 6.54 Å². The maximum atomic E-state index is 12.8. The molecule has 1 aromatic rings. The molecule has 88 valence electrons. The lowest BCUT2D eigenvalue weighted by Crippen LogP contribution is -2.25. The summed E-state index contributed by atoms with van der Waals surface area (Å²) in [6, 6.07) is 3.34. The van der Waals surface area contributed by atoms with Gasteiger partial charge in [-0.3, -0.25) is 20.2 Å². The van der Waals surface area contributed by atoms with Crippen molar-refractivity contribution in [1.29, 1.82) is 0 Å². The Bertz CT molecular complexity index is 510. The first-order chi connectivity index (χ1) is 8.06. The van der Waals surface area contributed by atoms with Crippen LogP contribution in [0, 0.1) is 11.6 Å². The first-order valence-electron chi connectivity index (χ1n) is 4.67. The van der Waals surface area contributed by atoms with Crippen LogP contribution in [-0.4, -0.2) is 17.8 Å². The summed E-state index contributed by atoms with van der Waals surface area (Å²) in [7, 11) is 0. The number of benzene rings is 1. The molecule has 1 aliphatic heterocycles. The SMILES string of the molecule is O=C1NC(=NCc2ccc(F)c(F)c2)NC1=O. The van der Waals surface area contributed by atoms with Gasteiger partial charge in [-0.1, -0.05) is 6.07 Å². The second-order valence-corrected chi connectivity index (χ2v) is 3.32. The summed E-state index contributed by atoms with van der Waals surface area (Å²) < 4.78 is 25.5. The molecule has 2 rings (SSSR count). The van der Waals surface area contributed by atoms with Gasteiger partial charge in [-0.2, -0.15) is 0 Å². The summed E-state index contributed by atoms with van der Waals surface area (Å²) in [5.74, 6) is -3.50. The van der Waals surface area contributed by atoms with Gasteiger partial charge in [0.2, 0.25) is 5.96 Å². The van der Waals surface area contributed by atoms with Crippen molar-refractivity contribution < 1.29 is 18.4 Å². The number of carbonyl (C=O) groups is 2. The number of aliphatic imine (C=N–C) groups is 1. The second-order valence-electron chi connectivity index (χ2n) is 3.32. The van der Waals surface area contributed by atoms with Gasteiger partial charge in [0.25, 0.3) is 0 Å². The quantitative estimate of drug-likeness (QED) is 0.717. The number of guanidine groups is 1. The fourth-order valence-electron chi connectivity index (χ4n) is 1.25. The zero-order chi connectivity index (χ0) is 12.4. The number of nitrogens with zero attached hydrogens (tertiary/aromatic N) is 1. The Morgan fingerprint density at radius 2 is 1.71 bits per heavy atom. The summed E-state index contributed by atoms with van der Waals surface area (Å²) in [5.41, 5.74) is 0.423. The van der Waals surface area contributed by atoms with E-state index in [2.05, 4.69) is 15.6 Å². The molecular weight excluding hydrogens is 232 g/mol. The lowest BCUT2D eigenvalue weighted by Gasteiger charge is -1.99. The van der Waals surface area contributed by atoms with Crippen LogP contribution in [0.25, 0.3) is 0 Å². The standard InChI is InChI=1S/C10H7F2N3O2/c11-6-2-1-5(3-7(6)12)4-13-10-14-8(16)9(17)15-10/h1-3H,4H2,(H2,13,14,15,16,17). The van der Waals surface area contributed by atoms with E-state index in [4.69, 9.17) is 0 Å². The lowest BCUT2D eigenvalue weighted by atomic mass is 10.2. The van der Waals surface area contributed by atoms with Gasteiger partial charge in [-0.05, 0) is 17.7 Å². The topological polar surface area (TPSA) is 70.6 Å². The molecular formula is C10H7F2N3O2. The normalized spacial score (nSPS) is 14.6. The van der Waals surface area contributed by atoms with Gasteiger partial charge in [0, 0.05) is 0 Å². The van der Waals surface area contributed by atoms with E-state index in [1.807, 2.05) is 0 Å². The Morgan fingerprint density at radius 3 is 2.29 bits per heavy atom. The highest BCUT2D eigenvalue weighted by Crippen LogP contribution is 2.09. The van der Waals surface area contributed by atoms with Crippen LogP contribution in [0.5, 0.6) is 0 Å². The number of hydrogen-bond donors (Lipinski definition) is 2. The van der Waals surface area contributed by atoms with Crippen molar-refractivity contribution >= 4 is 17.8 Å². The van der Waals surface area contributed by atoms with Gasteiger partial charge in [0.1, 0.15) is 0 Å². The van der Waals surface area contributed by atoms with Gasteiger partial charge >= 0.3 is 11.8 Å². The molecule has 0 atom stereocenters. The highest BCUT2D eigenvalue weighted by Gasteiger charge is 2.24. The first kappa shape index (κ1) is 11.2. The summed E-state index contributed by atoms with van der Waals surface area (Å²) in [6.45, 7) is 0.0209. The molecule has 2 N–H and O–H groups in total. The van der Waals surface area contributed by atoms with Crippen molar-refractivity contribution in [3.63, 3.8) is 0 Å². The molecule has 0 unspecified atom stereocenters. The molecule has 0 aliphatic carbocycles. The Kier molecular flexibility index (Phi) is 2.82. The van der Waals surface area contributed by atoms with E-state index < -0.39 is 23.4 Å². The Hall–Kier alpha value is -2.31. The number of hydrogen-bond acceptors (Lipinski definition) is 3. The van der Waals surface area contributed by atoms with Gasteiger partial charge in [-0.25, -0.2) is 13.8 Å². The zero-order valence-corrected chi connectivity index (χ0v) is 8.46. The maximum Gasteiger partial charge on any atom is 0.316 e. The van der Waals surface area contributed by atoms with E-state index in [1.54, 1.807) is 0 Å². The van der Waals surface area contributed by atoms with E-state index >= 15 is 0 Å². The summed E-state index contributed by atoms with van der Waals surface area (Å²) in [4.78, 5) is 25.4. The molecule has 1 heterocycles. The molecule has 1 saturated heterocycles.